The largest absolute Gasteiger partial charge is 0.466 e. The van der Waals surface area contributed by atoms with Crippen LogP contribution < -0.4 is 16.2 Å². The van der Waals surface area contributed by atoms with E-state index in [-0.39, 0.29) is 29.0 Å². The quantitative estimate of drug-likeness (QED) is 0.258. The zero-order valence-electron chi connectivity index (χ0n) is 25.2. The monoisotopic (exact) mass is 576 g/mol. The van der Waals surface area contributed by atoms with Crippen LogP contribution in [0, 0.1) is 23.2 Å². The van der Waals surface area contributed by atoms with Gasteiger partial charge < -0.3 is 24.9 Å². The Hall–Kier alpha value is -3.62. The predicted octanol–water partition coefficient (Wildman–Crippen LogP) is 4.94. The average molecular weight is 577 g/mol. The fourth-order valence-electron chi connectivity index (χ4n) is 7.93. The molecule has 2 aromatic heterocycles. The van der Waals surface area contributed by atoms with Crippen molar-refractivity contribution in [1.29, 1.82) is 0 Å². The number of allylic oxidation sites excluding steroid dienone is 1. The van der Waals surface area contributed by atoms with Gasteiger partial charge in [0.25, 0.3) is 11.5 Å². The number of aryl methyl sites for hydroxylation is 1. The predicted molar refractivity (Wildman–Crippen MR) is 161 cm³/mol. The first-order valence-corrected chi connectivity index (χ1v) is 15.2. The molecule has 0 aromatic carbocycles. The maximum absolute atomic E-state index is 13.5. The van der Waals surface area contributed by atoms with Crippen molar-refractivity contribution in [2.45, 2.75) is 90.1 Å². The molecule has 2 heterocycles. The van der Waals surface area contributed by atoms with Gasteiger partial charge in [0.05, 0.1) is 12.7 Å². The zero-order chi connectivity index (χ0) is 30.1. The maximum atomic E-state index is 13.5. The van der Waals surface area contributed by atoms with Gasteiger partial charge in [-0.05, 0) is 97.6 Å². The number of amides is 2. The van der Waals surface area contributed by atoms with Crippen molar-refractivity contribution in [2.24, 2.45) is 23.2 Å². The second-order valence-corrected chi connectivity index (χ2v) is 13.6. The van der Waals surface area contributed by atoms with Gasteiger partial charge in [0, 0.05) is 31.2 Å². The van der Waals surface area contributed by atoms with E-state index in [1.54, 1.807) is 41.4 Å². The molecule has 3 N–H and O–H groups in total. The minimum absolute atomic E-state index is 0.193. The summed E-state index contributed by atoms with van der Waals surface area (Å²) < 4.78 is 6.35. The minimum atomic E-state index is -0.932. The highest BCUT2D eigenvalue weighted by Gasteiger charge is 2.56. The van der Waals surface area contributed by atoms with E-state index in [1.165, 1.54) is 45.3 Å². The van der Waals surface area contributed by atoms with Gasteiger partial charge in [0.1, 0.15) is 11.7 Å². The van der Waals surface area contributed by atoms with Gasteiger partial charge in [-0.25, -0.2) is 4.79 Å². The molecule has 2 aromatic rings. The Labute approximate surface area is 247 Å². The summed E-state index contributed by atoms with van der Waals surface area (Å²) in [5.41, 5.74) is 1.35. The molecule has 0 spiro atoms. The third-order valence-electron chi connectivity index (χ3n) is 9.78. The van der Waals surface area contributed by atoms with Crippen LogP contribution >= 0.6 is 0 Å². The van der Waals surface area contributed by atoms with Crippen LogP contribution in [-0.4, -0.2) is 40.5 Å². The van der Waals surface area contributed by atoms with Crippen molar-refractivity contribution < 1.29 is 19.1 Å². The van der Waals surface area contributed by atoms with Crippen molar-refractivity contribution in [3.8, 4) is 0 Å². The van der Waals surface area contributed by atoms with E-state index in [2.05, 4.69) is 20.4 Å². The van der Waals surface area contributed by atoms with Crippen LogP contribution in [0.2, 0.25) is 0 Å². The topological polar surface area (TPSA) is 122 Å². The molecule has 4 aliphatic carbocycles. The van der Waals surface area contributed by atoms with Crippen molar-refractivity contribution in [1.82, 2.24) is 14.9 Å². The Bertz CT molecular complexity index is 1400. The zero-order valence-corrected chi connectivity index (χ0v) is 25.2. The molecule has 4 aliphatic rings. The number of aromatic amines is 1. The molecular formula is C33H44N4O5. The summed E-state index contributed by atoms with van der Waals surface area (Å²) in [7, 11) is 1.29. The lowest BCUT2D eigenvalue weighted by Crippen LogP contribution is -2.45. The Balaban J connectivity index is 1.28. The average Bonchev–Trinajstić information content (AvgIpc) is 3.60. The van der Waals surface area contributed by atoms with E-state index in [4.69, 9.17) is 0 Å². The molecular weight excluding hydrogens is 532 g/mol. The number of rotatable bonds is 11. The Morgan fingerprint density at radius 1 is 1.17 bits per heavy atom. The SMILES string of the molecule is COC(=O)/C=C/CC[C@H](NC(=O)c1c[nH]cc1C(C)(C)C)C(=O)Nc1cccn(CCC23CC4CC(CC2C4)C3)c1=O. The lowest BCUT2D eigenvalue weighted by Gasteiger charge is -2.33. The van der Waals surface area contributed by atoms with E-state index >= 15 is 0 Å². The molecule has 0 radical (unpaired) electrons. The number of ether oxygens (including phenoxy) is 1. The maximum Gasteiger partial charge on any atom is 0.330 e. The second kappa shape index (κ2) is 11.9. The molecule has 9 heteroatoms. The number of pyridine rings is 1. The number of aromatic nitrogens is 2. The van der Waals surface area contributed by atoms with E-state index in [1.807, 2.05) is 20.8 Å². The number of carbonyl (C=O) groups is 3. The van der Waals surface area contributed by atoms with E-state index in [9.17, 15) is 19.2 Å². The molecule has 4 saturated carbocycles. The van der Waals surface area contributed by atoms with Gasteiger partial charge in [-0.2, -0.15) is 0 Å². The summed E-state index contributed by atoms with van der Waals surface area (Å²) in [5.74, 6) is 1.17. The number of hydrogen-bond acceptors (Lipinski definition) is 5. The van der Waals surface area contributed by atoms with E-state index in [0.29, 0.717) is 23.9 Å². The van der Waals surface area contributed by atoms with Crippen molar-refractivity contribution in [3.63, 3.8) is 0 Å². The van der Waals surface area contributed by atoms with Crippen LogP contribution in [0.3, 0.4) is 0 Å². The highest BCUT2D eigenvalue weighted by Crippen LogP contribution is 2.66. The molecule has 6 rings (SSSR count). The number of hydrogen-bond donors (Lipinski definition) is 3. The van der Waals surface area contributed by atoms with Crippen molar-refractivity contribution >= 4 is 23.5 Å². The van der Waals surface area contributed by atoms with Crippen LogP contribution in [0.1, 0.15) is 88.1 Å². The Kier molecular flexibility index (Phi) is 8.49. The van der Waals surface area contributed by atoms with Gasteiger partial charge >= 0.3 is 5.97 Å². The number of methoxy groups -OCH3 is 1. The third-order valence-corrected chi connectivity index (χ3v) is 9.78. The normalized spacial score (nSPS) is 25.1. The standard InChI is InChI=1S/C33H44N4O5/c1-32(2,3)25-20-34-19-24(25)29(39)35-26(8-5-6-10-28(38)42-4)30(40)36-27-9-7-12-37(31(27)41)13-11-33-17-21-14-22(18-33)16-23(33)15-21/h6-7,9-10,12,19-23,26,34H,5,8,11,13-18H2,1-4H3,(H,35,39)(H,36,40)/b10-6+/t21?,22?,23?,26-,33?/m0/s1. The first-order valence-electron chi connectivity index (χ1n) is 15.2. The summed E-state index contributed by atoms with van der Waals surface area (Å²) in [6.45, 7) is 6.67. The highest BCUT2D eigenvalue weighted by atomic mass is 16.5. The second-order valence-electron chi connectivity index (χ2n) is 13.6. The Morgan fingerprint density at radius 3 is 2.60 bits per heavy atom. The molecule has 0 aliphatic heterocycles. The Morgan fingerprint density at radius 2 is 1.90 bits per heavy atom. The summed E-state index contributed by atoms with van der Waals surface area (Å²) in [6, 6.07) is 2.46. The van der Waals surface area contributed by atoms with Gasteiger partial charge in [-0.3, -0.25) is 14.4 Å². The summed E-state index contributed by atoms with van der Waals surface area (Å²) >= 11 is 0. The van der Waals surface area contributed by atoms with E-state index in [0.717, 1.165) is 29.7 Å². The molecule has 3 atom stereocenters. The molecule has 2 unspecified atom stereocenters. The molecule has 4 fully saturated rings. The number of nitrogens with one attached hydrogen (secondary N) is 3. The first kappa shape index (κ1) is 29.9. The molecule has 226 valence electrons. The lowest BCUT2D eigenvalue weighted by atomic mass is 9.73. The van der Waals surface area contributed by atoms with E-state index < -0.39 is 17.9 Å². The fraction of sp³-hybridized carbons (Fsp3) is 0.576. The number of H-pyrrole nitrogens is 1. The smallest absolute Gasteiger partial charge is 0.330 e. The summed E-state index contributed by atoms with van der Waals surface area (Å²) in [4.78, 5) is 54.7. The molecule has 4 bridgehead atoms. The van der Waals surface area contributed by atoms with Gasteiger partial charge in [-0.1, -0.05) is 26.8 Å². The number of carbonyl (C=O) groups excluding carboxylic acids is 3. The lowest BCUT2D eigenvalue weighted by molar-refractivity contribution is -0.134. The van der Waals surface area contributed by atoms with Crippen LogP contribution in [0.25, 0.3) is 0 Å². The van der Waals surface area contributed by atoms with Crippen LogP contribution in [-0.2, 0) is 26.3 Å². The number of nitrogens with zero attached hydrogens (tertiary/aromatic N) is 1. The minimum Gasteiger partial charge on any atom is -0.466 e. The fourth-order valence-corrected chi connectivity index (χ4v) is 7.93. The molecule has 0 saturated heterocycles. The van der Waals surface area contributed by atoms with Crippen molar-refractivity contribution in [2.75, 3.05) is 12.4 Å². The third kappa shape index (κ3) is 6.25. The molecule has 42 heavy (non-hydrogen) atoms. The summed E-state index contributed by atoms with van der Waals surface area (Å²) in [5, 5.41) is 5.64. The van der Waals surface area contributed by atoms with Crippen LogP contribution in [0.5, 0.6) is 0 Å². The first-order chi connectivity index (χ1) is 20.0. The highest BCUT2D eigenvalue weighted by molar-refractivity contribution is 6.01. The van der Waals surface area contributed by atoms with Gasteiger partial charge in [0.2, 0.25) is 5.91 Å². The molecule has 9 nitrogen and oxygen atoms in total. The number of esters is 1. The van der Waals surface area contributed by atoms with Crippen molar-refractivity contribution in [3.05, 3.63) is 64.4 Å². The van der Waals surface area contributed by atoms with Crippen LogP contribution in [0.15, 0.2) is 47.7 Å². The van der Waals surface area contributed by atoms with Gasteiger partial charge in [-0.15, -0.1) is 0 Å². The van der Waals surface area contributed by atoms with Gasteiger partial charge in [0.15, 0.2) is 0 Å². The number of anilines is 1. The summed E-state index contributed by atoms with van der Waals surface area (Å²) in [6.07, 6.45) is 16.4. The molecule has 2 amide bonds. The van der Waals surface area contributed by atoms with Crippen LogP contribution in [0.4, 0.5) is 5.69 Å².